The van der Waals surface area contributed by atoms with Gasteiger partial charge in [-0.15, -0.1) is 11.3 Å². The number of rotatable bonds is 5. The second-order valence-corrected chi connectivity index (χ2v) is 6.98. The van der Waals surface area contributed by atoms with Gasteiger partial charge in [-0.05, 0) is 29.3 Å². The maximum Gasteiger partial charge on any atom is 0.258 e. The molecule has 2 aromatic carbocycles. The van der Waals surface area contributed by atoms with Crippen LogP contribution in [-0.2, 0) is 4.79 Å². The largest absolute Gasteiger partial charge is 0.484 e. The van der Waals surface area contributed by atoms with Crippen molar-refractivity contribution in [1.82, 2.24) is 10.3 Å². The van der Waals surface area contributed by atoms with Crippen LogP contribution in [0.15, 0.2) is 54.0 Å². The fraction of sp³-hybridized carbons (Fsp3) is 0.263. The number of anilines is 1. The lowest BCUT2D eigenvalue weighted by Gasteiger charge is -2.16. The summed E-state index contributed by atoms with van der Waals surface area (Å²) in [5.74, 6) is 0.629. The molecule has 2 heterocycles. The monoisotopic (exact) mass is 353 g/mol. The zero-order valence-corrected chi connectivity index (χ0v) is 14.5. The van der Waals surface area contributed by atoms with Gasteiger partial charge < -0.3 is 15.0 Å². The first-order chi connectivity index (χ1) is 12.3. The Morgan fingerprint density at radius 2 is 2.16 bits per heavy atom. The highest BCUT2D eigenvalue weighted by Gasteiger charge is 2.25. The van der Waals surface area contributed by atoms with Crippen molar-refractivity contribution in [2.45, 2.75) is 12.5 Å². The van der Waals surface area contributed by atoms with Gasteiger partial charge in [0.2, 0.25) is 0 Å². The first-order valence-electron chi connectivity index (χ1n) is 8.33. The lowest BCUT2D eigenvalue weighted by atomic mass is 10.1. The molecule has 0 radical (unpaired) electrons. The molecule has 1 atom stereocenters. The molecule has 1 N–H and O–H groups in total. The molecular formula is C19H19N3O2S. The number of benzene rings is 2. The molecule has 25 heavy (non-hydrogen) atoms. The SMILES string of the molecule is O=C(COc1ccc2ccccc2c1)NC1CCN(c2nccs2)C1. The minimum absolute atomic E-state index is 0.0338. The molecule has 1 aliphatic heterocycles. The lowest BCUT2D eigenvalue weighted by Crippen LogP contribution is -2.39. The van der Waals surface area contributed by atoms with E-state index in [0.717, 1.165) is 35.4 Å². The van der Waals surface area contributed by atoms with Gasteiger partial charge in [0.1, 0.15) is 5.75 Å². The van der Waals surface area contributed by atoms with E-state index in [4.69, 9.17) is 4.74 Å². The number of carbonyl (C=O) groups is 1. The first kappa shape index (κ1) is 15.9. The van der Waals surface area contributed by atoms with E-state index in [9.17, 15) is 4.79 Å². The summed E-state index contributed by atoms with van der Waals surface area (Å²) in [4.78, 5) is 18.7. The van der Waals surface area contributed by atoms with Crippen molar-refractivity contribution in [3.05, 3.63) is 54.0 Å². The Labute approximate surface area is 150 Å². The van der Waals surface area contributed by atoms with Crippen molar-refractivity contribution in [2.24, 2.45) is 0 Å². The molecule has 1 unspecified atom stereocenters. The number of aromatic nitrogens is 1. The normalized spacial score (nSPS) is 17.0. The molecule has 1 aliphatic rings. The van der Waals surface area contributed by atoms with Crippen molar-refractivity contribution in [3.8, 4) is 5.75 Å². The van der Waals surface area contributed by atoms with Crippen molar-refractivity contribution in [2.75, 3.05) is 24.6 Å². The van der Waals surface area contributed by atoms with Crippen LogP contribution >= 0.6 is 11.3 Å². The van der Waals surface area contributed by atoms with Crippen LogP contribution in [0.4, 0.5) is 5.13 Å². The molecule has 6 heteroatoms. The highest BCUT2D eigenvalue weighted by molar-refractivity contribution is 7.13. The molecule has 1 fully saturated rings. The van der Waals surface area contributed by atoms with Gasteiger partial charge >= 0.3 is 0 Å². The van der Waals surface area contributed by atoms with Crippen LogP contribution in [0, 0.1) is 0 Å². The molecule has 3 aromatic rings. The quantitative estimate of drug-likeness (QED) is 0.766. The van der Waals surface area contributed by atoms with Gasteiger partial charge in [0.25, 0.3) is 5.91 Å². The van der Waals surface area contributed by atoms with Crippen LogP contribution < -0.4 is 15.0 Å². The van der Waals surface area contributed by atoms with Gasteiger partial charge in [0, 0.05) is 30.7 Å². The number of thiazole rings is 1. The number of ether oxygens (including phenoxy) is 1. The average molecular weight is 353 g/mol. The number of amides is 1. The van der Waals surface area contributed by atoms with E-state index in [2.05, 4.69) is 21.3 Å². The molecule has 0 bridgehead atoms. The highest BCUT2D eigenvalue weighted by atomic mass is 32.1. The van der Waals surface area contributed by atoms with Gasteiger partial charge in [-0.25, -0.2) is 4.98 Å². The summed E-state index contributed by atoms with van der Waals surface area (Å²) in [7, 11) is 0. The van der Waals surface area contributed by atoms with Crippen LogP contribution in [0.2, 0.25) is 0 Å². The number of nitrogens with zero attached hydrogens (tertiary/aromatic N) is 2. The third-order valence-corrected chi connectivity index (χ3v) is 5.17. The fourth-order valence-electron chi connectivity index (χ4n) is 3.10. The minimum Gasteiger partial charge on any atom is -0.484 e. The molecule has 5 nitrogen and oxygen atoms in total. The van der Waals surface area contributed by atoms with E-state index in [-0.39, 0.29) is 18.6 Å². The van der Waals surface area contributed by atoms with Gasteiger partial charge in [0.15, 0.2) is 11.7 Å². The van der Waals surface area contributed by atoms with Crippen LogP contribution in [0.5, 0.6) is 5.75 Å². The van der Waals surface area contributed by atoms with Gasteiger partial charge in [-0.3, -0.25) is 4.79 Å². The topological polar surface area (TPSA) is 54.5 Å². The van der Waals surface area contributed by atoms with Crippen molar-refractivity contribution < 1.29 is 9.53 Å². The Hall–Kier alpha value is -2.60. The summed E-state index contributed by atoms with van der Waals surface area (Å²) >= 11 is 1.63. The predicted molar refractivity (Wildman–Crippen MR) is 100 cm³/mol. The van der Waals surface area contributed by atoms with Crippen LogP contribution in [-0.4, -0.2) is 36.6 Å². The average Bonchev–Trinajstić information content (AvgIpc) is 3.31. The molecule has 4 rings (SSSR count). The van der Waals surface area contributed by atoms with Crippen LogP contribution in [0.1, 0.15) is 6.42 Å². The lowest BCUT2D eigenvalue weighted by molar-refractivity contribution is -0.123. The molecule has 0 spiro atoms. The van der Waals surface area contributed by atoms with Crippen molar-refractivity contribution >= 4 is 33.1 Å². The maximum absolute atomic E-state index is 12.2. The van der Waals surface area contributed by atoms with Gasteiger partial charge in [-0.1, -0.05) is 30.3 Å². The van der Waals surface area contributed by atoms with Crippen molar-refractivity contribution in [1.29, 1.82) is 0 Å². The second-order valence-electron chi connectivity index (χ2n) is 6.11. The summed E-state index contributed by atoms with van der Waals surface area (Å²) in [5, 5.41) is 8.30. The smallest absolute Gasteiger partial charge is 0.258 e. The molecular weight excluding hydrogens is 334 g/mol. The fourth-order valence-corrected chi connectivity index (χ4v) is 3.78. The zero-order chi connectivity index (χ0) is 17.1. The predicted octanol–water partition coefficient (Wildman–Crippen LogP) is 3.07. The second kappa shape index (κ2) is 7.11. The number of hydrogen-bond acceptors (Lipinski definition) is 5. The van der Waals surface area contributed by atoms with Crippen molar-refractivity contribution in [3.63, 3.8) is 0 Å². The Bertz CT molecular complexity index is 866. The van der Waals surface area contributed by atoms with Crippen LogP contribution in [0.25, 0.3) is 10.8 Å². The molecule has 0 aliphatic carbocycles. The third kappa shape index (κ3) is 3.74. The Balaban J connectivity index is 1.29. The summed E-state index contributed by atoms with van der Waals surface area (Å²) in [6.45, 7) is 1.76. The molecule has 0 saturated carbocycles. The number of nitrogens with one attached hydrogen (secondary N) is 1. The highest BCUT2D eigenvalue weighted by Crippen LogP contribution is 2.23. The number of fused-ring (bicyclic) bond motifs is 1. The minimum atomic E-state index is -0.0841. The maximum atomic E-state index is 12.2. The summed E-state index contributed by atoms with van der Waals surface area (Å²) in [5.41, 5.74) is 0. The van der Waals surface area contributed by atoms with E-state index in [1.807, 2.05) is 48.0 Å². The van der Waals surface area contributed by atoms with E-state index in [0.29, 0.717) is 5.75 Å². The van der Waals surface area contributed by atoms with E-state index in [1.165, 1.54) is 0 Å². The zero-order valence-electron chi connectivity index (χ0n) is 13.7. The molecule has 128 valence electrons. The van der Waals surface area contributed by atoms with Gasteiger partial charge in [-0.2, -0.15) is 0 Å². The molecule has 1 aromatic heterocycles. The number of hydrogen-bond donors (Lipinski definition) is 1. The standard InChI is InChI=1S/C19H19N3O2S/c23-18(21-16-7-9-22(12-16)19-20-8-10-25-19)13-24-17-6-5-14-3-1-2-4-15(14)11-17/h1-6,8,10-11,16H,7,9,12-13H2,(H,21,23). The summed E-state index contributed by atoms with van der Waals surface area (Å²) in [6, 6.07) is 14.1. The van der Waals surface area contributed by atoms with Gasteiger partial charge in [0.05, 0.1) is 0 Å². The Morgan fingerprint density at radius 1 is 1.28 bits per heavy atom. The first-order valence-corrected chi connectivity index (χ1v) is 9.21. The van der Waals surface area contributed by atoms with Crippen LogP contribution in [0.3, 0.4) is 0 Å². The Morgan fingerprint density at radius 3 is 3.00 bits per heavy atom. The van der Waals surface area contributed by atoms with E-state index >= 15 is 0 Å². The summed E-state index contributed by atoms with van der Waals surface area (Å²) < 4.78 is 5.65. The Kier molecular flexibility index (Phi) is 4.52. The summed E-state index contributed by atoms with van der Waals surface area (Å²) in [6.07, 6.45) is 2.74. The van der Waals surface area contributed by atoms with E-state index < -0.39 is 0 Å². The van der Waals surface area contributed by atoms with E-state index in [1.54, 1.807) is 11.3 Å². The third-order valence-electron chi connectivity index (χ3n) is 4.33. The number of carbonyl (C=O) groups excluding carboxylic acids is 1. The molecule has 1 saturated heterocycles. The molecule has 1 amide bonds.